The fourth-order valence-corrected chi connectivity index (χ4v) is 2.54. The molecule has 2 aromatic carbocycles. The van der Waals surface area contributed by atoms with E-state index in [1.807, 2.05) is 0 Å². The maximum absolute atomic E-state index is 12.5. The lowest BCUT2D eigenvalue weighted by molar-refractivity contribution is -0.268. The van der Waals surface area contributed by atoms with E-state index in [9.17, 15) is 15.0 Å². The van der Waals surface area contributed by atoms with Gasteiger partial charge in [-0.2, -0.15) is 0 Å². The Balaban J connectivity index is 2.33. The molecule has 0 heterocycles. The lowest BCUT2D eigenvalue weighted by Crippen LogP contribution is -2.16. The third-order valence-corrected chi connectivity index (χ3v) is 4.11. The lowest BCUT2D eigenvalue weighted by Gasteiger charge is -2.17. The van der Waals surface area contributed by atoms with E-state index in [2.05, 4.69) is 11.5 Å². The topological polar surface area (TPSA) is 96.2 Å². The molecule has 2 aromatic rings. The number of rotatable bonds is 8. The maximum Gasteiger partial charge on any atom is 0.189 e. The molecule has 0 amide bonds. The highest BCUT2D eigenvalue weighted by Crippen LogP contribution is 2.34. The summed E-state index contributed by atoms with van der Waals surface area (Å²) in [5.74, 6) is -0.136. The summed E-state index contributed by atoms with van der Waals surface area (Å²) in [4.78, 5) is 16.9. The molecule has 27 heavy (non-hydrogen) atoms. The van der Waals surface area contributed by atoms with Crippen molar-refractivity contribution in [2.75, 3.05) is 7.11 Å². The summed E-state index contributed by atoms with van der Waals surface area (Å²) in [5, 5.41) is 28.9. The third kappa shape index (κ3) is 4.97. The molecule has 1 atom stereocenters. The van der Waals surface area contributed by atoms with Gasteiger partial charge < -0.3 is 14.9 Å². The van der Waals surface area contributed by atoms with Crippen LogP contribution in [-0.2, 0) is 11.3 Å². The standard InChI is InChI=1S/C21H22O6/c1-13(2)20(27-25)12-17-19(26-3)11-9-16(21(17)24)18(23)10-6-14-4-7-15(22)8-5-14/h4-11,20,22,24-25H,1,12H2,2-3H3/b10-6+/t20-/m1/s1. The predicted molar refractivity (Wildman–Crippen MR) is 102 cm³/mol. The van der Waals surface area contributed by atoms with E-state index >= 15 is 0 Å². The molecule has 6 nitrogen and oxygen atoms in total. The number of phenolic OH excluding ortho intramolecular Hbond substituents is 2. The summed E-state index contributed by atoms with van der Waals surface area (Å²) in [6.07, 6.45) is 2.25. The average Bonchev–Trinajstić information content (AvgIpc) is 2.65. The summed E-state index contributed by atoms with van der Waals surface area (Å²) in [5.41, 5.74) is 1.72. The van der Waals surface area contributed by atoms with Gasteiger partial charge in [-0.3, -0.25) is 10.1 Å². The molecule has 3 N–H and O–H groups in total. The van der Waals surface area contributed by atoms with Crippen LogP contribution in [0.1, 0.15) is 28.4 Å². The van der Waals surface area contributed by atoms with E-state index < -0.39 is 11.9 Å². The van der Waals surface area contributed by atoms with Gasteiger partial charge in [-0.05, 0) is 48.4 Å². The predicted octanol–water partition coefficient (Wildman–Crippen LogP) is 3.98. The number of ketones is 1. The molecule has 0 saturated heterocycles. The van der Waals surface area contributed by atoms with Gasteiger partial charge in [-0.1, -0.05) is 24.8 Å². The fraction of sp³-hybridized carbons (Fsp3) is 0.190. The average molecular weight is 370 g/mol. The summed E-state index contributed by atoms with van der Waals surface area (Å²) < 4.78 is 5.25. The van der Waals surface area contributed by atoms with Crippen molar-refractivity contribution in [3.8, 4) is 17.2 Å². The number of allylic oxidation sites excluding steroid dienone is 1. The first-order valence-corrected chi connectivity index (χ1v) is 8.23. The largest absolute Gasteiger partial charge is 0.508 e. The van der Waals surface area contributed by atoms with Crippen molar-refractivity contribution < 1.29 is 29.9 Å². The Hall–Kier alpha value is -3.09. The van der Waals surface area contributed by atoms with Crippen LogP contribution in [0.25, 0.3) is 6.08 Å². The van der Waals surface area contributed by atoms with Crippen LogP contribution in [0, 0.1) is 0 Å². The van der Waals surface area contributed by atoms with Crippen LogP contribution in [0.2, 0.25) is 0 Å². The summed E-state index contributed by atoms with van der Waals surface area (Å²) in [6, 6.07) is 9.39. The van der Waals surface area contributed by atoms with Gasteiger partial charge in [0.1, 0.15) is 23.4 Å². The molecule has 0 bridgehead atoms. The van der Waals surface area contributed by atoms with Gasteiger partial charge in [0.2, 0.25) is 0 Å². The lowest BCUT2D eigenvalue weighted by atomic mass is 9.97. The van der Waals surface area contributed by atoms with Crippen molar-refractivity contribution in [2.24, 2.45) is 0 Å². The summed E-state index contributed by atoms with van der Waals surface area (Å²) in [6.45, 7) is 5.41. The van der Waals surface area contributed by atoms with Crippen LogP contribution < -0.4 is 4.74 Å². The van der Waals surface area contributed by atoms with E-state index in [1.54, 1.807) is 31.2 Å². The van der Waals surface area contributed by atoms with Crippen LogP contribution in [0.3, 0.4) is 0 Å². The van der Waals surface area contributed by atoms with Gasteiger partial charge in [-0.15, -0.1) is 0 Å². The Morgan fingerprint density at radius 3 is 2.41 bits per heavy atom. The van der Waals surface area contributed by atoms with E-state index in [1.165, 1.54) is 31.4 Å². The van der Waals surface area contributed by atoms with Crippen molar-refractivity contribution in [3.05, 3.63) is 71.3 Å². The monoisotopic (exact) mass is 370 g/mol. The molecule has 0 aromatic heterocycles. The first-order valence-electron chi connectivity index (χ1n) is 8.23. The second kappa shape index (κ2) is 9.02. The van der Waals surface area contributed by atoms with Crippen molar-refractivity contribution in [1.29, 1.82) is 0 Å². The van der Waals surface area contributed by atoms with Crippen LogP contribution >= 0.6 is 0 Å². The number of carbonyl (C=O) groups is 1. The molecule has 6 heteroatoms. The highest BCUT2D eigenvalue weighted by molar-refractivity contribution is 6.09. The fourth-order valence-electron chi connectivity index (χ4n) is 2.54. The zero-order chi connectivity index (χ0) is 20.0. The van der Waals surface area contributed by atoms with Crippen LogP contribution in [0.4, 0.5) is 0 Å². The van der Waals surface area contributed by atoms with E-state index in [0.717, 1.165) is 5.56 Å². The maximum atomic E-state index is 12.5. The number of hydrogen-bond donors (Lipinski definition) is 3. The molecular formula is C21H22O6. The number of methoxy groups -OCH3 is 1. The summed E-state index contributed by atoms with van der Waals surface area (Å²) in [7, 11) is 1.44. The molecule has 0 aliphatic carbocycles. The third-order valence-electron chi connectivity index (χ3n) is 4.11. The number of phenols is 2. The Morgan fingerprint density at radius 2 is 1.85 bits per heavy atom. The minimum atomic E-state index is -0.748. The normalized spacial score (nSPS) is 12.1. The van der Waals surface area contributed by atoms with E-state index in [-0.39, 0.29) is 23.5 Å². The Labute approximate surface area is 157 Å². The van der Waals surface area contributed by atoms with E-state index in [4.69, 9.17) is 9.99 Å². The zero-order valence-corrected chi connectivity index (χ0v) is 15.2. The molecule has 142 valence electrons. The molecule has 0 saturated carbocycles. The number of carbonyl (C=O) groups excluding carboxylic acids is 1. The second-order valence-corrected chi connectivity index (χ2v) is 6.08. The Bertz CT molecular complexity index is 852. The van der Waals surface area contributed by atoms with Crippen LogP contribution in [0.5, 0.6) is 17.2 Å². The number of ether oxygens (including phenoxy) is 1. The minimum Gasteiger partial charge on any atom is -0.508 e. The molecular weight excluding hydrogens is 348 g/mol. The first-order chi connectivity index (χ1) is 12.9. The van der Waals surface area contributed by atoms with Gasteiger partial charge in [0.25, 0.3) is 0 Å². The second-order valence-electron chi connectivity index (χ2n) is 6.08. The highest BCUT2D eigenvalue weighted by Gasteiger charge is 2.21. The first kappa shape index (κ1) is 20.2. The van der Waals surface area contributed by atoms with Gasteiger partial charge >= 0.3 is 0 Å². The van der Waals surface area contributed by atoms with Crippen molar-refractivity contribution in [3.63, 3.8) is 0 Å². The molecule has 0 unspecified atom stereocenters. The van der Waals surface area contributed by atoms with Gasteiger partial charge in [0.05, 0.1) is 12.7 Å². The number of hydrogen-bond acceptors (Lipinski definition) is 6. The van der Waals surface area contributed by atoms with Crippen LogP contribution in [-0.4, -0.2) is 34.5 Å². The van der Waals surface area contributed by atoms with Gasteiger partial charge in [0.15, 0.2) is 5.78 Å². The van der Waals surface area contributed by atoms with Gasteiger partial charge in [0, 0.05) is 12.0 Å². The number of aromatic hydroxyl groups is 2. The smallest absolute Gasteiger partial charge is 0.189 e. The zero-order valence-electron chi connectivity index (χ0n) is 15.2. The minimum absolute atomic E-state index is 0.0869. The quantitative estimate of drug-likeness (QED) is 0.214. The molecule has 0 aliphatic heterocycles. The van der Waals surface area contributed by atoms with Gasteiger partial charge in [-0.25, -0.2) is 4.89 Å². The van der Waals surface area contributed by atoms with Crippen molar-refractivity contribution >= 4 is 11.9 Å². The molecule has 0 aliphatic rings. The molecule has 0 radical (unpaired) electrons. The van der Waals surface area contributed by atoms with Crippen molar-refractivity contribution in [2.45, 2.75) is 19.4 Å². The number of benzene rings is 2. The van der Waals surface area contributed by atoms with Crippen molar-refractivity contribution in [1.82, 2.24) is 0 Å². The van der Waals surface area contributed by atoms with Crippen LogP contribution in [0.15, 0.2) is 54.6 Å². The Kier molecular flexibility index (Phi) is 6.76. The SMILES string of the molecule is C=C(C)[C@@H](Cc1c(OC)ccc(C(=O)/C=C/c2ccc(O)cc2)c1O)OO. The molecule has 0 fully saturated rings. The molecule has 2 rings (SSSR count). The molecule has 0 spiro atoms. The summed E-state index contributed by atoms with van der Waals surface area (Å²) >= 11 is 0. The highest BCUT2D eigenvalue weighted by atomic mass is 17.1. The van der Waals surface area contributed by atoms with E-state index in [0.29, 0.717) is 16.9 Å². The Morgan fingerprint density at radius 1 is 1.19 bits per heavy atom.